The summed E-state index contributed by atoms with van der Waals surface area (Å²) in [6.45, 7) is 0.322. The van der Waals surface area contributed by atoms with Crippen LogP contribution < -0.4 is 10.1 Å². The third-order valence-corrected chi connectivity index (χ3v) is 4.78. The van der Waals surface area contributed by atoms with E-state index in [1.165, 1.54) is 0 Å². The lowest BCUT2D eigenvalue weighted by atomic mass is 10.3. The van der Waals surface area contributed by atoms with Crippen LogP contribution in [0, 0.1) is 0 Å². The molecule has 0 saturated heterocycles. The molecule has 0 bridgehead atoms. The van der Waals surface area contributed by atoms with E-state index in [0.717, 1.165) is 30.7 Å². The van der Waals surface area contributed by atoms with Crippen molar-refractivity contribution in [1.82, 2.24) is 9.97 Å². The summed E-state index contributed by atoms with van der Waals surface area (Å²) in [5, 5.41) is 6.15. The van der Waals surface area contributed by atoms with Crippen molar-refractivity contribution in [3.63, 3.8) is 0 Å². The summed E-state index contributed by atoms with van der Waals surface area (Å²) in [7, 11) is 1.86. The monoisotopic (exact) mass is 427 g/mol. The normalized spacial score (nSPS) is 10.8. The molecule has 0 spiro atoms. The van der Waals surface area contributed by atoms with Gasteiger partial charge in [0, 0.05) is 11.5 Å². The van der Waals surface area contributed by atoms with E-state index in [2.05, 4.69) is 47.1 Å². The van der Waals surface area contributed by atoms with E-state index >= 15 is 0 Å². The van der Waals surface area contributed by atoms with Gasteiger partial charge in [0.25, 0.3) is 0 Å². The van der Waals surface area contributed by atoms with Crippen molar-refractivity contribution in [1.29, 1.82) is 0 Å². The van der Waals surface area contributed by atoms with E-state index in [1.807, 2.05) is 36.7 Å². The largest absolute Gasteiger partial charge is 0.484 e. The average molecular weight is 429 g/mol. The quantitative estimate of drug-likeness (QED) is 0.645. The maximum absolute atomic E-state index is 5.79. The molecule has 0 aliphatic carbocycles. The maximum Gasteiger partial charge on any atom is 0.169 e. The second kappa shape index (κ2) is 6.29. The van der Waals surface area contributed by atoms with Crippen molar-refractivity contribution in [2.24, 2.45) is 0 Å². The molecular weight excluding hydrogens is 418 g/mol. The van der Waals surface area contributed by atoms with E-state index in [1.54, 1.807) is 11.3 Å². The standard InChI is InChI=1S/C14H11Br2N3OS/c1-17-13-9-4-5-21-14(9)19-12(18-13)7-20-11-3-2-8(15)6-10(11)16/h2-6H,7H2,1H3,(H,17,18,19). The fourth-order valence-corrected chi connectivity index (χ4v) is 3.83. The molecule has 4 nitrogen and oxygen atoms in total. The van der Waals surface area contributed by atoms with Gasteiger partial charge in [-0.3, -0.25) is 0 Å². The Balaban J connectivity index is 1.84. The Hall–Kier alpha value is -1.18. The maximum atomic E-state index is 5.79. The fraction of sp³-hybridized carbons (Fsp3) is 0.143. The zero-order valence-corrected chi connectivity index (χ0v) is 15.0. The molecule has 0 aliphatic heterocycles. The van der Waals surface area contributed by atoms with Gasteiger partial charge in [0.05, 0.1) is 9.86 Å². The molecule has 3 aromatic rings. The SMILES string of the molecule is CNc1nc(COc2ccc(Br)cc2Br)nc2sccc12. The highest BCUT2D eigenvalue weighted by Gasteiger charge is 2.09. The topological polar surface area (TPSA) is 47.0 Å². The first-order valence-electron chi connectivity index (χ1n) is 6.17. The number of aromatic nitrogens is 2. The zero-order valence-electron chi connectivity index (χ0n) is 11.1. The third-order valence-electron chi connectivity index (χ3n) is 2.86. The lowest BCUT2D eigenvalue weighted by Crippen LogP contribution is -2.04. The van der Waals surface area contributed by atoms with Gasteiger partial charge < -0.3 is 10.1 Å². The molecule has 1 N–H and O–H groups in total. The summed E-state index contributed by atoms with van der Waals surface area (Å²) in [5.41, 5.74) is 0. The molecule has 0 unspecified atom stereocenters. The van der Waals surface area contributed by atoms with Gasteiger partial charge in [0.1, 0.15) is 23.0 Å². The minimum absolute atomic E-state index is 0.322. The van der Waals surface area contributed by atoms with Crippen molar-refractivity contribution < 1.29 is 4.74 Å². The van der Waals surface area contributed by atoms with Gasteiger partial charge in [0.2, 0.25) is 0 Å². The predicted octanol–water partition coefficient (Wildman–Crippen LogP) is 4.84. The van der Waals surface area contributed by atoms with Crippen LogP contribution in [0.15, 0.2) is 38.6 Å². The van der Waals surface area contributed by atoms with Crippen LogP contribution >= 0.6 is 43.2 Å². The Morgan fingerprint density at radius 2 is 2.10 bits per heavy atom. The van der Waals surface area contributed by atoms with E-state index in [0.29, 0.717) is 12.4 Å². The second-order valence-corrected chi connectivity index (χ2v) is 6.91. The first-order valence-corrected chi connectivity index (χ1v) is 8.63. The number of nitrogens with zero attached hydrogens (tertiary/aromatic N) is 2. The number of rotatable bonds is 4. The Kier molecular flexibility index (Phi) is 4.42. The molecule has 0 amide bonds. The molecule has 108 valence electrons. The van der Waals surface area contributed by atoms with Gasteiger partial charge >= 0.3 is 0 Å². The summed E-state index contributed by atoms with van der Waals surface area (Å²) >= 11 is 8.49. The number of thiophene rings is 1. The lowest BCUT2D eigenvalue weighted by Gasteiger charge is -2.09. The van der Waals surface area contributed by atoms with Crippen molar-refractivity contribution in [2.45, 2.75) is 6.61 Å². The van der Waals surface area contributed by atoms with Crippen molar-refractivity contribution in [2.75, 3.05) is 12.4 Å². The number of hydrogen-bond donors (Lipinski definition) is 1. The molecule has 2 aromatic heterocycles. The summed E-state index contributed by atoms with van der Waals surface area (Å²) in [6.07, 6.45) is 0. The summed E-state index contributed by atoms with van der Waals surface area (Å²) in [4.78, 5) is 9.97. The van der Waals surface area contributed by atoms with E-state index in [9.17, 15) is 0 Å². The van der Waals surface area contributed by atoms with E-state index in [4.69, 9.17) is 4.74 Å². The van der Waals surface area contributed by atoms with Gasteiger partial charge in [-0.2, -0.15) is 0 Å². The highest BCUT2D eigenvalue weighted by atomic mass is 79.9. The van der Waals surface area contributed by atoms with Crippen LogP contribution in [0.2, 0.25) is 0 Å². The number of hydrogen-bond acceptors (Lipinski definition) is 5. The molecule has 21 heavy (non-hydrogen) atoms. The molecular formula is C14H11Br2N3OS. The molecule has 0 fully saturated rings. The van der Waals surface area contributed by atoms with Crippen molar-refractivity contribution in [3.8, 4) is 5.75 Å². The highest BCUT2D eigenvalue weighted by molar-refractivity contribution is 9.11. The Morgan fingerprint density at radius 3 is 2.86 bits per heavy atom. The van der Waals surface area contributed by atoms with Crippen molar-refractivity contribution >= 4 is 59.2 Å². The van der Waals surface area contributed by atoms with Gasteiger partial charge in [-0.25, -0.2) is 9.97 Å². The van der Waals surface area contributed by atoms with Crippen molar-refractivity contribution in [3.05, 3.63) is 44.4 Å². The minimum Gasteiger partial charge on any atom is -0.484 e. The minimum atomic E-state index is 0.322. The number of anilines is 1. The van der Waals surface area contributed by atoms with Gasteiger partial charge in [-0.15, -0.1) is 11.3 Å². The Bertz CT molecular complexity index is 791. The second-order valence-electron chi connectivity index (χ2n) is 4.24. The number of benzene rings is 1. The van der Waals surface area contributed by atoms with Crippen LogP contribution in [-0.4, -0.2) is 17.0 Å². The number of nitrogens with one attached hydrogen (secondary N) is 1. The molecule has 1 aromatic carbocycles. The van der Waals surface area contributed by atoms with Gasteiger partial charge in [-0.1, -0.05) is 15.9 Å². The number of halogens is 2. The lowest BCUT2D eigenvalue weighted by molar-refractivity contribution is 0.294. The summed E-state index contributed by atoms with van der Waals surface area (Å²) in [6, 6.07) is 7.79. The van der Waals surface area contributed by atoms with Crippen LogP contribution in [0.3, 0.4) is 0 Å². The fourth-order valence-electron chi connectivity index (χ4n) is 1.89. The third kappa shape index (κ3) is 3.20. The summed E-state index contributed by atoms with van der Waals surface area (Å²) < 4.78 is 7.67. The molecule has 7 heteroatoms. The molecule has 0 saturated carbocycles. The zero-order chi connectivity index (χ0) is 14.8. The first-order chi connectivity index (χ1) is 10.2. The van der Waals surface area contributed by atoms with Gasteiger partial charge in [-0.05, 0) is 45.6 Å². The van der Waals surface area contributed by atoms with Crippen LogP contribution in [0.25, 0.3) is 10.2 Å². The summed E-state index contributed by atoms with van der Waals surface area (Å²) in [5.74, 6) is 2.25. The number of fused-ring (bicyclic) bond motifs is 1. The smallest absolute Gasteiger partial charge is 0.169 e. The van der Waals surface area contributed by atoms with Gasteiger partial charge in [0.15, 0.2) is 5.82 Å². The van der Waals surface area contributed by atoms with Crippen LogP contribution in [0.1, 0.15) is 5.82 Å². The predicted molar refractivity (Wildman–Crippen MR) is 93.1 cm³/mol. The molecule has 0 atom stereocenters. The highest BCUT2D eigenvalue weighted by Crippen LogP contribution is 2.29. The van der Waals surface area contributed by atoms with Crippen LogP contribution in [-0.2, 0) is 6.61 Å². The molecule has 0 radical (unpaired) electrons. The molecule has 2 heterocycles. The van der Waals surface area contributed by atoms with Crippen LogP contribution in [0.4, 0.5) is 5.82 Å². The Morgan fingerprint density at radius 1 is 1.24 bits per heavy atom. The molecule has 0 aliphatic rings. The average Bonchev–Trinajstić information content (AvgIpc) is 2.93. The van der Waals surface area contributed by atoms with E-state index in [-0.39, 0.29) is 0 Å². The number of ether oxygens (including phenoxy) is 1. The molecule has 3 rings (SSSR count). The van der Waals surface area contributed by atoms with E-state index < -0.39 is 0 Å². The Labute approximate surface area is 142 Å². The first kappa shape index (κ1) is 14.7. The van der Waals surface area contributed by atoms with Crippen LogP contribution in [0.5, 0.6) is 5.75 Å².